The largest absolute Gasteiger partial charge is 0.323 e. The van der Waals surface area contributed by atoms with Crippen LogP contribution in [0.2, 0.25) is 0 Å². The van der Waals surface area contributed by atoms with Gasteiger partial charge in [0.25, 0.3) is 0 Å². The molecule has 2 heteroatoms. The van der Waals surface area contributed by atoms with E-state index in [0.29, 0.717) is 0 Å². The summed E-state index contributed by atoms with van der Waals surface area (Å²) in [5.74, 6) is 0. The van der Waals surface area contributed by atoms with Gasteiger partial charge in [-0.25, -0.2) is 0 Å². The summed E-state index contributed by atoms with van der Waals surface area (Å²) in [7, 11) is 0. The summed E-state index contributed by atoms with van der Waals surface area (Å²) in [5, 5.41) is 2.08. The molecule has 1 atom stereocenters. The number of rotatable bonds is 4. The first-order valence-corrected chi connectivity index (χ1v) is 6.54. The maximum atomic E-state index is 6.15. The third-order valence-corrected chi connectivity index (χ3v) is 3.80. The van der Waals surface area contributed by atoms with Crippen LogP contribution >= 0.6 is 11.3 Å². The zero-order chi connectivity index (χ0) is 11.4. The normalized spacial score (nSPS) is 12.6. The van der Waals surface area contributed by atoms with Gasteiger partial charge in [0.2, 0.25) is 0 Å². The monoisotopic (exact) mass is 231 g/mol. The molecule has 2 aromatic rings. The molecule has 1 unspecified atom stereocenters. The fourth-order valence-corrected chi connectivity index (χ4v) is 2.50. The lowest BCUT2D eigenvalue weighted by atomic mass is 10.0. The van der Waals surface area contributed by atoms with E-state index in [0.717, 1.165) is 12.8 Å². The van der Waals surface area contributed by atoms with Crippen molar-refractivity contribution >= 4 is 11.3 Å². The van der Waals surface area contributed by atoms with Gasteiger partial charge < -0.3 is 5.73 Å². The molecule has 0 aliphatic rings. The van der Waals surface area contributed by atoms with Crippen molar-refractivity contribution in [3.8, 4) is 0 Å². The van der Waals surface area contributed by atoms with Gasteiger partial charge in [-0.05, 0) is 35.4 Å². The minimum absolute atomic E-state index is 0.132. The van der Waals surface area contributed by atoms with Gasteiger partial charge in [-0.15, -0.1) is 11.3 Å². The molecule has 0 saturated heterocycles. The Morgan fingerprint density at radius 3 is 2.38 bits per heavy atom. The van der Waals surface area contributed by atoms with Crippen LogP contribution in [0.15, 0.2) is 41.8 Å². The fraction of sp³-hybridized carbons (Fsp3) is 0.286. The van der Waals surface area contributed by atoms with Crippen LogP contribution in [0.1, 0.15) is 29.0 Å². The molecule has 0 bridgehead atoms. The third-order valence-electron chi connectivity index (χ3n) is 2.80. The molecule has 0 aliphatic carbocycles. The Bertz CT molecular complexity index is 417. The van der Waals surface area contributed by atoms with Gasteiger partial charge in [-0.1, -0.05) is 37.3 Å². The van der Waals surface area contributed by atoms with E-state index >= 15 is 0 Å². The Kier molecular flexibility index (Phi) is 3.75. The van der Waals surface area contributed by atoms with Gasteiger partial charge in [0.05, 0.1) is 0 Å². The van der Waals surface area contributed by atoms with Crippen LogP contribution in [0.3, 0.4) is 0 Å². The molecule has 1 aromatic carbocycles. The first-order chi connectivity index (χ1) is 7.79. The van der Waals surface area contributed by atoms with E-state index in [-0.39, 0.29) is 6.04 Å². The van der Waals surface area contributed by atoms with Crippen LogP contribution in [0.5, 0.6) is 0 Å². The first-order valence-electron chi connectivity index (χ1n) is 5.66. The Morgan fingerprint density at radius 1 is 1.12 bits per heavy atom. The van der Waals surface area contributed by atoms with E-state index in [1.807, 2.05) is 0 Å². The van der Waals surface area contributed by atoms with E-state index in [1.165, 1.54) is 16.0 Å². The van der Waals surface area contributed by atoms with Gasteiger partial charge in [0, 0.05) is 10.9 Å². The molecule has 0 amide bonds. The summed E-state index contributed by atoms with van der Waals surface area (Å²) in [6, 6.07) is 13.0. The van der Waals surface area contributed by atoms with Crippen LogP contribution in [0.25, 0.3) is 0 Å². The zero-order valence-electron chi connectivity index (χ0n) is 9.52. The van der Waals surface area contributed by atoms with Gasteiger partial charge in [0.1, 0.15) is 0 Å². The van der Waals surface area contributed by atoms with Crippen molar-refractivity contribution in [2.24, 2.45) is 5.73 Å². The maximum absolute atomic E-state index is 6.15. The van der Waals surface area contributed by atoms with E-state index in [9.17, 15) is 0 Å². The Balaban J connectivity index is 2.03. The van der Waals surface area contributed by atoms with Crippen LogP contribution in [0, 0.1) is 0 Å². The fourth-order valence-electron chi connectivity index (χ4n) is 1.77. The highest BCUT2D eigenvalue weighted by molar-refractivity contribution is 7.10. The molecular formula is C14H17NS. The molecule has 2 rings (SSSR count). The number of hydrogen-bond acceptors (Lipinski definition) is 2. The van der Waals surface area contributed by atoms with Crippen LogP contribution in [-0.2, 0) is 12.8 Å². The lowest BCUT2D eigenvalue weighted by molar-refractivity contribution is 0.736. The maximum Gasteiger partial charge on any atom is 0.0430 e. The number of hydrogen-bond donors (Lipinski definition) is 1. The van der Waals surface area contributed by atoms with E-state index in [2.05, 4.69) is 48.7 Å². The standard InChI is InChI=1S/C14H17NS/c1-2-11-5-7-12(8-6-11)10-13(15)14-4-3-9-16-14/h3-9,13H,2,10,15H2,1H3. The average Bonchev–Trinajstić information content (AvgIpc) is 2.83. The van der Waals surface area contributed by atoms with Crippen molar-refractivity contribution in [1.29, 1.82) is 0 Å². The van der Waals surface area contributed by atoms with E-state index in [4.69, 9.17) is 5.73 Å². The summed E-state index contributed by atoms with van der Waals surface area (Å²) in [6.45, 7) is 2.17. The van der Waals surface area contributed by atoms with Crippen LogP contribution < -0.4 is 5.73 Å². The summed E-state index contributed by atoms with van der Waals surface area (Å²) in [4.78, 5) is 1.26. The molecule has 0 fully saturated rings. The number of nitrogens with two attached hydrogens (primary N) is 1. The topological polar surface area (TPSA) is 26.0 Å². The molecule has 2 N–H and O–H groups in total. The lowest BCUT2D eigenvalue weighted by Gasteiger charge is -2.09. The van der Waals surface area contributed by atoms with Gasteiger partial charge in [-0.3, -0.25) is 0 Å². The summed E-state index contributed by atoms with van der Waals surface area (Å²) < 4.78 is 0. The molecule has 1 aromatic heterocycles. The number of aryl methyl sites for hydroxylation is 1. The second-order valence-electron chi connectivity index (χ2n) is 4.00. The number of thiophene rings is 1. The third kappa shape index (κ3) is 2.71. The molecule has 0 aliphatic heterocycles. The molecule has 16 heavy (non-hydrogen) atoms. The van der Waals surface area contributed by atoms with Crippen LogP contribution in [-0.4, -0.2) is 0 Å². The van der Waals surface area contributed by atoms with Crippen molar-refractivity contribution in [1.82, 2.24) is 0 Å². The second-order valence-corrected chi connectivity index (χ2v) is 4.98. The van der Waals surface area contributed by atoms with Gasteiger partial charge in [-0.2, -0.15) is 0 Å². The predicted octanol–water partition coefficient (Wildman–Crippen LogP) is 3.55. The first kappa shape index (κ1) is 11.4. The Morgan fingerprint density at radius 2 is 1.81 bits per heavy atom. The summed E-state index contributed by atoms with van der Waals surface area (Å²) in [6.07, 6.45) is 2.02. The quantitative estimate of drug-likeness (QED) is 0.855. The second kappa shape index (κ2) is 5.28. The molecule has 0 radical (unpaired) electrons. The SMILES string of the molecule is CCc1ccc(CC(N)c2cccs2)cc1. The van der Waals surface area contributed by atoms with Crippen molar-refractivity contribution in [3.63, 3.8) is 0 Å². The minimum Gasteiger partial charge on any atom is -0.323 e. The summed E-state index contributed by atoms with van der Waals surface area (Å²) >= 11 is 1.73. The minimum atomic E-state index is 0.132. The van der Waals surface area contributed by atoms with Crippen molar-refractivity contribution in [3.05, 3.63) is 57.8 Å². The predicted molar refractivity (Wildman–Crippen MR) is 70.8 cm³/mol. The Labute approximate surface area is 101 Å². The van der Waals surface area contributed by atoms with Crippen molar-refractivity contribution < 1.29 is 0 Å². The van der Waals surface area contributed by atoms with E-state index < -0.39 is 0 Å². The van der Waals surface area contributed by atoms with Gasteiger partial charge in [0.15, 0.2) is 0 Å². The summed E-state index contributed by atoms with van der Waals surface area (Å²) in [5.41, 5.74) is 8.85. The Hall–Kier alpha value is -1.12. The van der Waals surface area contributed by atoms with Crippen molar-refractivity contribution in [2.75, 3.05) is 0 Å². The number of benzene rings is 1. The van der Waals surface area contributed by atoms with Gasteiger partial charge >= 0.3 is 0 Å². The average molecular weight is 231 g/mol. The molecule has 1 heterocycles. The highest BCUT2D eigenvalue weighted by atomic mass is 32.1. The molecule has 0 spiro atoms. The molecule has 1 nitrogen and oxygen atoms in total. The molecular weight excluding hydrogens is 214 g/mol. The molecule has 0 saturated carbocycles. The zero-order valence-corrected chi connectivity index (χ0v) is 10.3. The van der Waals surface area contributed by atoms with Crippen LogP contribution in [0.4, 0.5) is 0 Å². The highest BCUT2D eigenvalue weighted by Crippen LogP contribution is 2.20. The van der Waals surface area contributed by atoms with Crippen molar-refractivity contribution in [2.45, 2.75) is 25.8 Å². The highest BCUT2D eigenvalue weighted by Gasteiger charge is 2.07. The lowest BCUT2D eigenvalue weighted by Crippen LogP contribution is -2.11. The smallest absolute Gasteiger partial charge is 0.0430 e. The van der Waals surface area contributed by atoms with E-state index in [1.54, 1.807) is 11.3 Å². The molecule has 84 valence electrons.